The second-order valence-electron chi connectivity index (χ2n) is 4.07. The van der Waals surface area contributed by atoms with E-state index in [4.69, 9.17) is 0 Å². The fourth-order valence-electron chi connectivity index (χ4n) is 1.81. The van der Waals surface area contributed by atoms with E-state index in [9.17, 15) is 4.79 Å². The third-order valence-corrected chi connectivity index (χ3v) is 3.66. The van der Waals surface area contributed by atoms with Crippen molar-refractivity contribution >= 4 is 17.1 Å². The SMILES string of the molecule is Cc1sccc1C(=O)c1cnn(-c2ccccc2)n1. The number of rotatable bonds is 3. The molecule has 94 valence electrons. The van der Waals surface area contributed by atoms with Crippen molar-refractivity contribution in [3.05, 3.63) is 64.1 Å². The highest BCUT2D eigenvalue weighted by Crippen LogP contribution is 2.18. The number of hydrogen-bond acceptors (Lipinski definition) is 4. The predicted octanol–water partition coefficient (Wildman–Crippen LogP) is 2.87. The second kappa shape index (κ2) is 4.78. The normalized spacial score (nSPS) is 10.6. The van der Waals surface area contributed by atoms with Crippen molar-refractivity contribution in [3.8, 4) is 5.69 Å². The molecule has 0 atom stereocenters. The molecule has 2 heterocycles. The van der Waals surface area contributed by atoms with Gasteiger partial charge < -0.3 is 0 Å². The summed E-state index contributed by atoms with van der Waals surface area (Å²) in [7, 11) is 0. The van der Waals surface area contributed by atoms with Crippen LogP contribution in [0.5, 0.6) is 0 Å². The molecule has 3 rings (SSSR count). The van der Waals surface area contributed by atoms with E-state index in [0.29, 0.717) is 11.3 Å². The minimum atomic E-state index is -0.0825. The number of nitrogens with zero attached hydrogens (tertiary/aromatic N) is 3. The predicted molar refractivity (Wildman–Crippen MR) is 73.8 cm³/mol. The summed E-state index contributed by atoms with van der Waals surface area (Å²) >= 11 is 1.55. The lowest BCUT2D eigenvalue weighted by Crippen LogP contribution is -2.04. The Kier molecular flexibility index (Phi) is 2.97. The number of hydrogen-bond donors (Lipinski definition) is 0. The van der Waals surface area contributed by atoms with E-state index in [1.807, 2.05) is 48.7 Å². The standard InChI is InChI=1S/C14H11N3OS/c1-10-12(7-8-19-10)14(18)13-9-15-17(16-13)11-5-3-2-4-6-11/h2-9H,1H3. The van der Waals surface area contributed by atoms with Crippen LogP contribution in [0.3, 0.4) is 0 Å². The number of thiophene rings is 1. The van der Waals surface area contributed by atoms with Gasteiger partial charge in [0, 0.05) is 10.4 Å². The van der Waals surface area contributed by atoms with Crippen LogP contribution in [-0.2, 0) is 0 Å². The van der Waals surface area contributed by atoms with Gasteiger partial charge in [0.25, 0.3) is 0 Å². The minimum Gasteiger partial charge on any atom is -0.287 e. The van der Waals surface area contributed by atoms with Gasteiger partial charge >= 0.3 is 0 Å². The molecular formula is C14H11N3OS. The number of para-hydroxylation sites is 1. The van der Waals surface area contributed by atoms with Crippen molar-refractivity contribution in [1.29, 1.82) is 0 Å². The summed E-state index contributed by atoms with van der Waals surface area (Å²) in [5, 5.41) is 10.3. The molecule has 0 amide bonds. The zero-order valence-electron chi connectivity index (χ0n) is 10.3. The molecule has 4 nitrogen and oxygen atoms in total. The molecule has 0 saturated heterocycles. The summed E-state index contributed by atoms with van der Waals surface area (Å²) in [5.74, 6) is -0.0825. The smallest absolute Gasteiger partial charge is 0.216 e. The van der Waals surface area contributed by atoms with E-state index in [2.05, 4.69) is 10.2 Å². The first kappa shape index (κ1) is 11.8. The van der Waals surface area contributed by atoms with E-state index in [-0.39, 0.29) is 5.78 Å². The maximum atomic E-state index is 12.3. The Bertz CT molecular complexity index is 715. The van der Waals surface area contributed by atoms with Gasteiger partial charge in [-0.1, -0.05) is 18.2 Å². The maximum Gasteiger partial charge on any atom is 0.216 e. The minimum absolute atomic E-state index is 0.0825. The number of benzene rings is 1. The van der Waals surface area contributed by atoms with Crippen molar-refractivity contribution in [3.63, 3.8) is 0 Å². The molecule has 19 heavy (non-hydrogen) atoms. The third-order valence-electron chi connectivity index (χ3n) is 2.82. The van der Waals surface area contributed by atoms with Gasteiger partial charge in [-0.15, -0.1) is 16.4 Å². The highest BCUT2D eigenvalue weighted by Gasteiger charge is 2.16. The molecule has 0 spiro atoms. The number of carbonyl (C=O) groups excluding carboxylic acids is 1. The van der Waals surface area contributed by atoms with E-state index in [0.717, 1.165) is 10.6 Å². The molecule has 0 aliphatic heterocycles. The molecule has 0 bridgehead atoms. The molecule has 2 aromatic heterocycles. The molecule has 0 N–H and O–H groups in total. The molecule has 0 aliphatic rings. The Morgan fingerprint density at radius 2 is 2.00 bits per heavy atom. The molecule has 1 aromatic carbocycles. The zero-order valence-corrected chi connectivity index (χ0v) is 11.1. The lowest BCUT2D eigenvalue weighted by Gasteiger charge is -1.97. The highest BCUT2D eigenvalue weighted by molar-refractivity contribution is 7.10. The lowest BCUT2D eigenvalue weighted by molar-refractivity contribution is 0.103. The fraction of sp³-hybridized carbons (Fsp3) is 0.0714. The average molecular weight is 269 g/mol. The number of aromatic nitrogens is 3. The number of ketones is 1. The quantitative estimate of drug-likeness (QED) is 0.687. The Balaban J connectivity index is 1.94. The molecule has 0 radical (unpaired) electrons. The van der Waals surface area contributed by atoms with Crippen LogP contribution >= 0.6 is 11.3 Å². The van der Waals surface area contributed by atoms with Gasteiger partial charge in [-0.25, -0.2) is 0 Å². The molecule has 0 saturated carbocycles. The molecule has 3 aromatic rings. The van der Waals surface area contributed by atoms with E-state index >= 15 is 0 Å². The molecule has 5 heteroatoms. The second-order valence-corrected chi connectivity index (χ2v) is 5.19. The Morgan fingerprint density at radius 3 is 2.68 bits per heavy atom. The van der Waals surface area contributed by atoms with Crippen LogP contribution in [0.1, 0.15) is 20.9 Å². The van der Waals surface area contributed by atoms with E-state index in [1.54, 1.807) is 11.3 Å². The maximum absolute atomic E-state index is 12.3. The van der Waals surface area contributed by atoms with Gasteiger partial charge in [-0.3, -0.25) is 4.79 Å². The van der Waals surface area contributed by atoms with Crippen LogP contribution in [-0.4, -0.2) is 20.8 Å². The molecule has 0 fully saturated rings. The Labute approximate surface area is 114 Å². The number of aryl methyl sites for hydroxylation is 1. The van der Waals surface area contributed by atoms with E-state index < -0.39 is 0 Å². The average Bonchev–Trinajstić information content (AvgIpc) is 3.08. The van der Waals surface area contributed by atoms with Gasteiger partial charge in [-0.2, -0.15) is 9.90 Å². The van der Waals surface area contributed by atoms with E-state index in [1.165, 1.54) is 11.0 Å². The summed E-state index contributed by atoms with van der Waals surface area (Å²) in [6.07, 6.45) is 1.51. The summed E-state index contributed by atoms with van der Waals surface area (Å²) in [6, 6.07) is 11.3. The largest absolute Gasteiger partial charge is 0.287 e. The van der Waals surface area contributed by atoms with Crippen molar-refractivity contribution in [2.75, 3.05) is 0 Å². The first-order valence-corrected chi connectivity index (χ1v) is 6.70. The first-order valence-electron chi connectivity index (χ1n) is 5.82. The van der Waals surface area contributed by atoms with Crippen LogP contribution in [0.25, 0.3) is 5.69 Å². The van der Waals surface area contributed by atoms with Gasteiger partial charge in [0.1, 0.15) is 0 Å². The van der Waals surface area contributed by atoms with Gasteiger partial charge in [0.15, 0.2) is 5.69 Å². The summed E-state index contributed by atoms with van der Waals surface area (Å²) in [6.45, 7) is 1.93. The Morgan fingerprint density at radius 1 is 1.21 bits per heavy atom. The fourth-order valence-corrected chi connectivity index (χ4v) is 2.51. The molecular weight excluding hydrogens is 258 g/mol. The van der Waals surface area contributed by atoms with Crippen LogP contribution in [0.15, 0.2) is 48.0 Å². The third kappa shape index (κ3) is 2.20. The topological polar surface area (TPSA) is 47.8 Å². The van der Waals surface area contributed by atoms with Crippen LogP contribution in [0.4, 0.5) is 0 Å². The highest BCUT2D eigenvalue weighted by atomic mass is 32.1. The van der Waals surface area contributed by atoms with Crippen LogP contribution in [0, 0.1) is 6.92 Å². The van der Waals surface area contributed by atoms with Crippen molar-refractivity contribution in [2.24, 2.45) is 0 Å². The first-order chi connectivity index (χ1) is 9.25. The molecule has 0 aliphatic carbocycles. The van der Waals surface area contributed by atoms with Crippen molar-refractivity contribution < 1.29 is 4.79 Å². The Hall–Kier alpha value is -2.27. The zero-order chi connectivity index (χ0) is 13.2. The lowest BCUT2D eigenvalue weighted by atomic mass is 10.1. The monoisotopic (exact) mass is 269 g/mol. The molecule has 0 unspecified atom stereocenters. The van der Waals surface area contributed by atoms with Crippen molar-refractivity contribution in [2.45, 2.75) is 6.92 Å². The summed E-state index contributed by atoms with van der Waals surface area (Å²) in [5.41, 5.74) is 1.90. The summed E-state index contributed by atoms with van der Waals surface area (Å²) < 4.78 is 0. The van der Waals surface area contributed by atoms with Crippen LogP contribution in [0.2, 0.25) is 0 Å². The summed E-state index contributed by atoms with van der Waals surface area (Å²) in [4.78, 5) is 14.7. The van der Waals surface area contributed by atoms with Gasteiger partial charge in [0.05, 0.1) is 11.9 Å². The van der Waals surface area contributed by atoms with Gasteiger partial charge in [-0.05, 0) is 30.5 Å². The number of carbonyl (C=O) groups is 1. The van der Waals surface area contributed by atoms with Crippen molar-refractivity contribution in [1.82, 2.24) is 15.0 Å². The van der Waals surface area contributed by atoms with Gasteiger partial charge in [0.2, 0.25) is 5.78 Å². The van der Waals surface area contributed by atoms with Crippen LogP contribution < -0.4 is 0 Å².